The van der Waals surface area contributed by atoms with Crippen LogP contribution in [0.5, 0.6) is 0 Å². The highest BCUT2D eigenvalue weighted by Crippen LogP contribution is 2.30. The summed E-state index contributed by atoms with van der Waals surface area (Å²) >= 11 is 0. The lowest BCUT2D eigenvalue weighted by Gasteiger charge is -2.44. The molecular weight excluding hydrogens is 322 g/mol. The molecule has 2 aliphatic heterocycles. The quantitative estimate of drug-likeness (QED) is 0.894. The molecule has 2 fully saturated rings. The lowest BCUT2D eigenvalue weighted by Crippen LogP contribution is -2.51. The molecule has 2 aromatic rings. The van der Waals surface area contributed by atoms with Crippen LogP contribution in [0, 0.1) is 5.92 Å². The summed E-state index contributed by atoms with van der Waals surface area (Å²) in [6.07, 6.45) is 8.58. The van der Waals surface area contributed by atoms with Gasteiger partial charge in [0.2, 0.25) is 0 Å². The van der Waals surface area contributed by atoms with Gasteiger partial charge in [-0.3, -0.25) is 4.79 Å². The molecule has 0 aliphatic carbocycles. The molecule has 0 spiro atoms. The van der Waals surface area contributed by atoms with Crippen LogP contribution in [0.25, 0.3) is 10.9 Å². The van der Waals surface area contributed by atoms with Gasteiger partial charge < -0.3 is 14.8 Å². The minimum absolute atomic E-state index is 0.0741. The van der Waals surface area contributed by atoms with Crippen molar-refractivity contribution in [2.75, 3.05) is 19.6 Å². The third-order valence-electron chi connectivity index (χ3n) is 6.32. The topological polar surface area (TPSA) is 37.3 Å². The normalized spacial score (nSPS) is 24.0. The Kier molecular flexibility index (Phi) is 5.03. The second kappa shape index (κ2) is 7.43. The highest BCUT2D eigenvalue weighted by atomic mass is 16.1. The highest BCUT2D eigenvalue weighted by Gasteiger charge is 2.33. The summed E-state index contributed by atoms with van der Waals surface area (Å²) in [5.41, 5.74) is 1.95. The van der Waals surface area contributed by atoms with Crippen molar-refractivity contribution in [2.24, 2.45) is 5.92 Å². The van der Waals surface area contributed by atoms with Crippen LogP contribution in [-0.2, 0) is 0 Å². The van der Waals surface area contributed by atoms with Gasteiger partial charge in [-0.25, -0.2) is 0 Å². The second-order valence-electron chi connectivity index (χ2n) is 8.27. The molecule has 1 N–H and O–H groups in total. The monoisotopic (exact) mass is 353 g/mol. The molecular formula is C22H31N3O. The maximum atomic E-state index is 12.9. The average Bonchev–Trinajstić information content (AvgIpc) is 3.10. The van der Waals surface area contributed by atoms with Crippen molar-refractivity contribution in [1.82, 2.24) is 14.8 Å². The summed E-state index contributed by atoms with van der Waals surface area (Å²) in [6.45, 7) is 7.64. The third-order valence-corrected chi connectivity index (χ3v) is 6.32. The molecule has 26 heavy (non-hydrogen) atoms. The third kappa shape index (κ3) is 3.27. The van der Waals surface area contributed by atoms with Crippen molar-refractivity contribution in [3.8, 4) is 0 Å². The maximum Gasteiger partial charge on any atom is 0.251 e. The molecule has 140 valence electrons. The Morgan fingerprint density at radius 1 is 1.15 bits per heavy atom. The van der Waals surface area contributed by atoms with Crippen LogP contribution in [0.2, 0.25) is 0 Å². The second-order valence-corrected chi connectivity index (χ2v) is 8.27. The fourth-order valence-electron chi connectivity index (χ4n) is 4.97. The number of nitrogens with one attached hydrogen (secondary N) is 1. The fourth-order valence-corrected chi connectivity index (χ4v) is 4.97. The first kappa shape index (κ1) is 17.6. The van der Waals surface area contributed by atoms with E-state index in [9.17, 15) is 4.79 Å². The van der Waals surface area contributed by atoms with Gasteiger partial charge in [0, 0.05) is 41.3 Å². The van der Waals surface area contributed by atoms with Crippen molar-refractivity contribution in [2.45, 2.75) is 58.0 Å². The molecule has 0 unspecified atom stereocenters. The van der Waals surface area contributed by atoms with E-state index in [1.54, 1.807) is 0 Å². The molecule has 0 radical (unpaired) electrons. The van der Waals surface area contributed by atoms with Crippen LogP contribution in [0.1, 0.15) is 62.4 Å². The molecule has 2 saturated heterocycles. The Morgan fingerprint density at radius 3 is 2.85 bits per heavy atom. The molecule has 1 amide bonds. The van der Waals surface area contributed by atoms with Gasteiger partial charge in [-0.2, -0.15) is 0 Å². The first-order valence-corrected chi connectivity index (χ1v) is 10.3. The molecule has 4 heteroatoms. The summed E-state index contributed by atoms with van der Waals surface area (Å²) in [5.74, 6) is 0.678. The number of piperidine rings is 2. The largest absolute Gasteiger partial charge is 0.352 e. The molecule has 4 nitrogen and oxygen atoms in total. The van der Waals surface area contributed by atoms with E-state index in [0.717, 1.165) is 23.0 Å². The van der Waals surface area contributed by atoms with Gasteiger partial charge >= 0.3 is 0 Å². The Morgan fingerprint density at radius 2 is 2.00 bits per heavy atom. The minimum atomic E-state index is 0.0741. The summed E-state index contributed by atoms with van der Waals surface area (Å²) < 4.78 is 2.23. The highest BCUT2D eigenvalue weighted by molar-refractivity contribution is 6.06. The molecule has 3 heterocycles. The molecule has 1 aromatic heterocycles. The Labute approximate surface area is 156 Å². The van der Waals surface area contributed by atoms with Gasteiger partial charge in [0.15, 0.2) is 0 Å². The van der Waals surface area contributed by atoms with Crippen LogP contribution < -0.4 is 5.32 Å². The number of rotatable bonds is 4. The standard InChI is InChI=1S/C22H31N3O/c1-16(2)25-14-11-18-19(8-5-10-21(18)25)22(26)23-15-17-7-6-13-24-12-4-3-9-20(17)24/h5,8,10-11,14,16-17,20H,3-4,6-7,9,12-13,15H2,1-2H3,(H,23,26)/t17-,20+/m0/s1. The number of hydrogen-bond donors (Lipinski definition) is 1. The predicted molar refractivity (Wildman–Crippen MR) is 107 cm³/mol. The van der Waals surface area contributed by atoms with Crippen LogP contribution in [0.15, 0.2) is 30.5 Å². The molecule has 2 aliphatic rings. The number of aromatic nitrogens is 1. The smallest absolute Gasteiger partial charge is 0.251 e. The van der Waals surface area contributed by atoms with E-state index in [-0.39, 0.29) is 5.91 Å². The van der Waals surface area contributed by atoms with Crippen LogP contribution >= 0.6 is 0 Å². The first-order valence-electron chi connectivity index (χ1n) is 10.3. The Bertz CT molecular complexity index is 777. The van der Waals surface area contributed by atoms with Crippen LogP contribution in [0.3, 0.4) is 0 Å². The number of carbonyl (C=O) groups is 1. The lowest BCUT2D eigenvalue weighted by atomic mass is 9.83. The van der Waals surface area contributed by atoms with Crippen LogP contribution in [0.4, 0.5) is 0 Å². The van der Waals surface area contributed by atoms with Crippen molar-refractivity contribution >= 4 is 16.8 Å². The van der Waals surface area contributed by atoms with Crippen molar-refractivity contribution in [3.05, 3.63) is 36.0 Å². The van der Waals surface area contributed by atoms with E-state index in [4.69, 9.17) is 0 Å². The van der Waals surface area contributed by atoms with E-state index in [1.165, 1.54) is 45.2 Å². The minimum Gasteiger partial charge on any atom is -0.352 e. The lowest BCUT2D eigenvalue weighted by molar-refractivity contribution is 0.0576. The van der Waals surface area contributed by atoms with Gasteiger partial charge in [0.1, 0.15) is 0 Å². The zero-order valence-corrected chi connectivity index (χ0v) is 16.1. The first-order chi connectivity index (χ1) is 12.6. The number of fused-ring (bicyclic) bond motifs is 2. The summed E-state index contributed by atoms with van der Waals surface area (Å²) in [4.78, 5) is 15.6. The number of amides is 1. The van der Waals surface area contributed by atoms with Crippen molar-refractivity contribution < 1.29 is 4.79 Å². The fraction of sp³-hybridized carbons (Fsp3) is 0.591. The predicted octanol–water partition coefficient (Wildman–Crippen LogP) is 4.22. The van der Waals surface area contributed by atoms with Crippen molar-refractivity contribution in [3.63, 3.8) is 0 Å². The van der Waals surface area contributed by atoms with Gasteiger partial charge in [0.05, 0.1) is 0 Å². The van der Waals surface area contributed by atoms with E-state index in [2.05, 4.69) is 47.0 Å². The van der Waals surface area contributed by atoms with E-state index >= 15 is 0 Å². The molecule has 4 rings (SSSR count). The number of nitrogens with zero attached hydrogens (tertiary/aromatic N) is 2. The van der Waals surface area contributed by atoms with E-state index < -0.39 is 0 Å². The Balaban J connectivity index is 1.47. The van der Waals surface area contributed by atoms with Crippen LogP contribution in [-0.4, -0.2) is 41.1 Å². The van der Waals surface area contributed by atoms with Gasteiger partial charge in [-0.15, -0.1) is 0 Å². The molecule has 2 atom stereocenters. The molecule has 1 aromatic carbocycles. The van der Waals surface area contributed by atoms with E-state index in [1.807, 2.05) is 12.1 Å². The Hall–Kier alpha value is -1.81. The maximum absolute atomic E-state index is 12.9. The average molecular weight is 354 g/mol. The molecule has 0 saturated carbocycles. The SMILES string of the molecule is CC(C)n1ccc2c(C(=O)NC[C@@H]3CCCN4CCCC[C@H]34)cccc21. The molecule has 0 bridgehead atoms. The summed E-state index contributed by atoms with van der Waals surface area (Å²) in [7, 11) is 0. The zero-order valence-electron chi connectivity index (χ0n) is 16.1. The van der Waals surface area contributed by atoms with Gasteiger partial charge in [0.25, 0.3) is 5.91 Å². The van der Waals surface area contributed by atoms with Gasteiger partial charge in [-0.05, 0) is 76.7 Å². The number of hydrogen-bond acceptors (Lipinski definition) is 2. The van der Waals surface area contributed by atoms with E-state index in [0.29, 0.717) is 18.0 Å². The number of carbonyl (C=O) groups excluding carboxylic acids is 1. The summed E-state index contributed by atoms with van der Waals surface area (Å²) in [6, 6.07) is 9.21. The van der Waals surface area contributed by atoms with Crippen molar-refractivity contribution in [1.29, 1.82) is 0 Å². The van der Waals surface area contributed by atoms with Gasteiger partial charge in [-0.1, -0.05) is 12.5 Å². The number of benzene rings is 1. The summed E-state index contributed by atoms with van der Waals surface area (Å²) in [5, 5.41) is 4.31. The zero-order chi connectivity index (χ0) is 18.1.